The maximum Gasteiger partial charge on any atom is 0.238 e. The Kier molecular flexibility index (Phi) is 7.67. The minimum absolute atomic E-state index is 0.00191. The predicted molar refractivity (Wildman–Crippen MR) is 84.0 cm³/mol. The van der Waals surface area contributed by atoms with Crippen LogP contribution in [0.3, 0.4) is 0 Å². The van der Waals surface area contributed by atoms with E-state index < -0.39 is 0 Å². The lowest BCUT2D eigenvalue weighted by molar-refractivity contribution is -0.129. The van der Waals surface area contributed by atoms with Crippen LogP contribution in [0, 0.1) is 5.92 Å². The van der Waals surface area contributed by atoms with Crippen molar-refractivity contribution in [2.75, 3.05) is 33.2 Å². The number of hydrogen-bond donors (Lipinski definition) is 3. The molecule has 122 valence electrons. The summed E-state index contributed by atoms with van der Waals surface area (Å²) in [6.07, 6.45) is 2.10. The van der Waals surface area contributed by atoms with Gasteiger partial charge in [0.15, 0.2) is 0 Å². The molecule has 2 amide bonds. The summed E-state index contributed by atoms with van der Waals surface area (Å²) in [5.74, 6) is 0.611. The van der Waals surface area contributed by atoms with E-state index in [0.29, 0.717) is 19.0 Å². The van der Waals surface area contributed by atoms with Crippen molar-refractivity contribution in [1.29, 1.82) is 0 Å². The number of nitrogens with one attached hydrogen (secondary N) is 3. The zero-order valence-electron chi connectivity index (χ0n) is 13.7. The molecule has 6 nitrogen and oxygen atoms in total. The van der Waals surface area contributed by atoms with Crippen molar-refractivity contribution in [1.82, 2.24) is 20.9 Å². The molecular weight excluding hydrogens is 268 g/mol. The third-order valence-electron chi connectivity index (χ3n) is 3.83. The molecule has 0 saturated carbocycles. The first kappa shape index (κ1) is 17.9. The maximum absolute atomic E-state index is 12.1. The number of likely N-dealkylation sites (N-methyl/N-ethyl adjacent to an activating group) is 1. The van der Waals surface area contributed by atoms with E-state index >= 15 is 0 Å². The van der Waals surface area contributed by atoms with Gasteiger partial charge >= 0.3 is 0 Å². The number of nitrogens with zero attached hydrogens (tertiary/aromatic N) is 1. The highest BCUT2D eigenvalue weighted by atomic mass is 16.2. The van der Waals surface area contributed by atoms with Crippen LogP contribution in [0.4, 0.5) is 0 Å². The van der Waals surface area contributed by atoms with Gasteiger partial charge in [0.25, 0.3) is 0 Å². The molecule has 0 bridgehead atoms. The molecule has 2 atom stereocenters. The normalized spacial score (nSPS) is 21.1. The molecule has 0 spiro atoms. The summed E-state index contributed by atoms with van der Waals surface area (Å²) in [6.45, 7) is 8.80. The molecule has 0 aliphatic carbocycles. The summed E-state index contributed by atoms with van der Waals surface area (Å²) in [5.41, 5.74) is 0. The van der Waals surface area contributed by atoms with Crippen LogP contribution >= 0.6 is 0 Å². The molecule has 0 aromatic carbocycles. The van der Waals surface area contributed by atoms with Crippen LogP contribution in [-0.2, 0) is 9.59 Å². The zero-order chi connectivity index (χ0) is 15.8. The molecule has 2 unspecified atom stereocenters. The van der Waals surface area contributed by atoms with Crippen LogP contribution < -0.4 is 16.0 Å². The van der Waals surface area contributed by atoms with Crippen molar-refractivity contribution >= 4 is 11.8 Å². The first-order valence-electron chi connectivity index (χ1n) is 7.89. The lowest BCUT2D eigenvalue weighted by atomic mass is 10.0. The molecule has 1 rings (SSSR count). The second kappa shape index (κ2) is 9.00. The van der Waals surface area contributed by atoms with Gasteiger partial charge in [0.1, 0.15) is 6.04 Å². The number of amides is 2. The van der Waals surface area contributed by atoms with Crippen molar-refractivity contribution in [3.05, 3.63) is 0 Å². The molecular formula is C15H30N4O2. The second-order valence-corrected chi connectivity index (χ2v) is 6.24. The summed E-state index contributed by atoms with van der Waals surface area (Å²) in [4.78, 5) is 25.9. The van der Waals surface area contributed by atoms with E-state index in [1.54, 1.807) is 7.05 Å². The number of hydrogen-bond acceptors (Lipinski definition) is 4. The first-order chi connectivity index (χ1) is 9.93. The van der Waals surface area contributed by atoms with Crippen molar-refractivity contribution < 1.29 is 9.59 Å². The van der Waals surface area contributed by atoms with E-state index in [1.165, 1.54) is 0 Å². The minimum Gasteiger partial charge on any atom is -0.358 e. The van der Waals surface area contributed by atoms with E-state index in [-0.39, 0.29) is 30.4 Å². The zero-order valence-corrected chi connectivity index (χ0v) is 13.7. The van der Waals surface area contributed by atoms with E-state index in [1.807, 2.05) is 11.8 Å². The van der Waals surface area contributed by atoms with Gasteiger partial charge in [0.2, 0.25) is 11.8 Å². The molecule has 1 saturated heterocycles. The van der Waals surface area contributed by atoms with Gasteiger partial charge in [-0.1, -0.05) is 13.8 Å². The van der Waals surface area contributed by atoms with E-state index in [9.17, 15) is 9.59 Å². The molecule has 6 heteroatoms. The molecule has 0 aromatic heterocycles. The van der Waals surface area contributed by atoms with Gasteiger partial charge < -0.3 is 16.0 Å². The lowest BCUT2D eigenvalue weighted by Crippen LogP contribution is -2.59. The Morgan fingerprint density at radius 1 is 1.29 bits per heavy atom. The third-order valence-corrected chi connectivity index (χ3v) is 3.83. The van der Waals surface area contributed by atoms with Crippen molar-refractivity contribution in [2.24, 2.45) is 5.92 Å². The van der Waals surface area contributed by atoms with E-state index in [0.717, 1.165) is 19.4 Å². The molecule has 1 aliphatic heterocycles. The summed E-state index contributed by atoms with van der Waals surface area (Å²) in [6, 6.07) is -0.0817. The summed E-state index contributed by atoms with van der Waals surface area (Å²) < 4.78 is 0. The third kappa shape index (κ3) is 6.44. The van der Waals surface area contributed by atoms with Crippen LogP contribution in [0.15, 0.2) is 0 Å². The van der Waals surface area contributed by atoms with Crippen LogP contribution in [0.25, 0.3) is 0 Å². The fourth-order valence-electron chi connectivity index (χ4n) is 2.52. The summed E-state index contributed by atoms with van der Waals surface area (Å²) in [5, 5.41) is 8.88. The average molecular weight is 298 g/mol. The smallest absolute Gasteiger partial charge is 0.238 e. The monoisotopic (exact) mass is 298 g/mol. The number of piperazine rings is 1. The highest BCUT2D eigenvalue weighted by Crippen LogP contribution is 2.07. The Labute approximate surface area is 128 Å². The Morgan fingerprint density at radius 2 is 2.00 bits per heavy atom. The second-order valence-electron chi connectivity index (χ2n) is 6.24. The Bertz CT molecular complexity index is 347. The standard InChI is InChI=1S/C15H30N4O2/c1-11(2)5-6-12(3)18-14(20)10-19-8-7-17-9-13(19)15(21)16-4/h11-13,17H,5-10H2,1-4H3,(H,16,21)(H,18,20). The van der Waals surface area contributed by atoms with Gasteiger partial charge in [0, 0.05) is 32.7 Å². The molecule has 0 radical (unpaired) electrons. The van der Waals surface area contributed by atoms with Crippen molar-refractivity contribution in [2.45, 2.75) is 45.7 Å². The van der Waals surface area contributed by atoms with Crippen LogP contribution in [0.5, 0.6) is 0 Å². The Balaban J connectivity index is 2.42. The van der Waals surface area contributed by atoms with Crippen LogP contribution in [-0.4, -0.2) is 62.0 Å². The van der Waals surface area contributed by atoms with Gasteiger partial charge in [-0.3, -0.25) is 14.5 Å². The lowest BCUT2D eigenvalue weighted by Gasteiger charge is -2.34. The molecule has 1 heterocycles. The topological polar surface area (TPSA) is 73.5 Å². The van der Waals surface area contributed by atoms with E-state index in [2.05, 4.69) is 29.8 Å². The fraction of sp³-hybridized carbons (Fsp3) is 0.867. The van der Waals surface area contributed by atoms with Gasteiger partial charge in [-0.05, 0) is 25.7 Å². The SMILES string of the molecule is CNC(=O)C1CNCCN1CC(=O)NC(C)CCC(C)C. The van der Waals surface area contributed by atoms with Crippen LogP contribution in [0.1, 0.15) is 33.6 Å². The maximum atomic E-state index is 12.1. The average Bonchev–Trinajstić information content (AvgIpc) is 2.44. The number of carbonyl (C=O) groups excluding carboxylic acids is 2. The molecule has 21 heavy (non-hydrogen) atoms. The molecule has 1 aliphatic rings. The Hall–Kier alpha value is -1.14. The quantitative estimate of drug-likeness (QED) is 0.616. The molecule has 0 aromatic rings. The minimum atomic E-state index is -0.263. The predicted octanol–water partition coefficient (Wildman–Crippen LogP) is -0.0529. The summed E-state index contributed by atoms with van der Waals surface area (Å²) >= 11 is 0. The van der Waals surface area contributed by atoms with Gasteiger partial charge in [-0.2, -0.15) is 0 Å². The molecule has 1 fully saturated rings. The number of rotatable bonds is 7. The van der Waals surface area contributed by atoms with Gasteiger partial charge in [-0.25, -0.2) is 0 Å². The van der Waals surface area contributed by atoms with Crippen LogP contribution in [0.2, 0.25) is 0 Å². The largest absolute Gasteiger partial charge is 0.358 e. The van der Waals surface area contributed by atoms with Gasteiger partial charge in [0.05, 0.1) is 6.54 Å². The van der Waals surface area contributed by atoms with Crippen molar-refractivity contribution in [3.8, 4) is 0 Å². The molecule has 3 N–H and O–H groups in total. The summed E-state index contributed by atoms with van der Waals surface area (Å²) in [7, 11) is 1.63. The highest BCUT2D eigenvalue weighted by Gasteiger charge is 2.29. The first-order valence-corrected chi connectivity index (χ1v) is 7.89. The van der Waals surface area contributed by atoms with Crippen molar-refractivity contribution in [3.63, 3.8) is 0 Å². The highest BCUT2D eigenvalue weighted by molar-refractivity contribution is 5.83. The fourth-order valence-corrected chi connectivity index (χ4v) is 2.52. The Morgan fingerprint density at radius 3 is 2.62 bits per heavy atom. The van der Waals surface area contributed by atoms with E-state index in [4.69, 9.17) is 0 Å². The number of carbonyl (C=O) groups is 2. The van der Waals surface area contributed by atoms with Gasteiger partial charge in [-0.15, -0.1) is 0 Å².